The molecule has 1 aliphatic rings. The SMILES string of the molecule is Cc1ccsc1C(=O)NC(CN)C1CC1. The lowest BCUT2D eigenvalue weighted by atomic mass is 10.2. The van der Waals surface area contributed by atoms with Crippen molar-refractivity contribution in [1.29, 1.82) is 0 Å². The van der Waals surface area contributed by atoms with Gasteiger partial charge in [-0.3, -0.25) is 4.79 Å². The van der Waals surface area contributed by atoms with E-state index in [9.17, 15) is 4.79 Å². The maximum absolute atomic E-state index is 11.9. The third-order valence-corrected chi connectivity index (χ3v) is 3.85. The number of carbonyl (C=O) groups excluding carboxylic acids is 1. The largest absolute Gasteiger partial charge is 0.347 e. The van der Waals surface area contributed by atoms with Gasteiger partial charge in [0.1, 0.15) is 0 Å². The van der Waals surface area contributed by atoms with E-state index in [1.165, 1.54) is 24.2 Å². The van der Waals surface area contributed by atoms with Crippen LogP contribution in [0.25, 0.3) is 0 Å². The fourth-order valence-electron chi connectivity index (χ4n) is 1.71. The van der Waals surface area contributed by atoms with Gasteiger partial charge in [-0.15, -0.1) is 11.3 Å². The van der Waals surface area contributed by atoms with Crippen molar-refractivity contribution in [3.63, 3.8) is 0 Å². The molecule has 0 radical (unpaired) electrons. The molecule has 1 heterocycles. The highest BCUT2D eigenvalue weighted by Crippen LogP contribution is 2.32. The number of nitrogens with one attached hydrogen (secondary N) is 1. The van der Waals surface area contributed by atoms with Crippen LogP contribution in [0, 0.1) is 12.8 Å². The molecule has 0 aromatic carbocycles. The zero-order chi connectivity index (χ0) is 10.8. The Labute approximate surface area is 93.7 Å². The van der Waals surface area contributed by atoms with E-state index in [-0.39, 0.29) is 11.9 Å². The predicted molar refractivity (Wildman–Crippen MR) is 62.1 cm³/mol. The van der Waals surface area contributed by atoms with Gasteiger partial charge in [-0.2, -0.15) is 0 Å². The average Bonchev–Trinajstić information content (AvgIpc) is 2.97. The zero-order valence-corrected chi connectivity index (χ0v) is 9.64. The molecule has 1 aromatic rings. The lowest BCUT2D eigenvalue weighted by molar-refractivity contribution is 0.0937. The van der Waals surface area contributed by atoms with Crippen molar-refractivity contribution in [3.05, 3.63) is 21.9 Å². The van der Waals surface area contributed by atoms with Crippen LogP contribution in [0.4, 0.5) is 0 Å². The van der Waals surface area contributed by atoms with Crippen molar-refractivity contribution < 1.29 is 4.79 Å². The van der Waals surface area contributed by atoms with Gasteiger partial charge in [0.25, 0.3) is 5.91 Å². The van der Waals surface area contributed by atoms with E-state index in [1.54, 1.807) is 0 Å². The molecule has 1 atom stereocenters. The summed E-state index contributed by atoms with van der Waals surface area (Å²) in [5.41, 5.74) is 6.69. The molecule has 1 saturated carbocycles. The number of amides is 1. The third kappa shape index (κ3) is 2.38. The lowest BCUT2D eigenvalue weighted by Crippen LogP contribution is -2.41. The monoisotopic (exact) mass is 224 g/mol. The van der Waals surface area contributed by atoms with Crippen LogP contribution in [0.2, 0.25) is 0 Å². The lowest BCUT2D eigenvalue weighted by Gasteiger charge is -2.15. The standard InChI is InChI=1S/C11H16N2OS/c1-7-4-5-15-10(7)11(14)13-9(6-12)8-2-3-8/h4-5,8-9H,2-3,6,12H2,1H3,(H,13,14). The summed E-state index contributed by atoms with van der Waals surface area (Å²) in [7, 11) is 0. The number of carbonyl (C=O) groups is 1. The van der Waals surface area contributed by atoms with Crippen molar-refractivity contribution in [2.24, 2.45) is 11.7 Å². The normalized spacial score (nSPS) is 17.5. The van der Waals surface area contributed by atoms with Gasteiger partial charge in [0.15, 0.2) is 0 Å². The number of hydrogen-bond donors (Lipinski definition) is 2. The van der Waals surface area contributed by atoms with Gasteiger partial charge in [-0.25, -0.2) is 0 Å². The molecule has 1 aromatic heterocycles. The summed E-state index contributed by atoms with van der Waals surface area (Å²) in [5.74, 6) is 0.643. The second-order valence-electron chi connectivity index (χ2n) is 4.09. The summed E-state index contributed by atoms with van der Waals surface area (Å²) in [4.78, 5) is 12.7. The van der Waals surface area contributed by atoms with Gasteiger partial charge in [0.05, 0.1) is 4.88 Å². The molecule has 0 saturated heterocycles. The Hall–Kier alpha value is -0.870. The molecule has 1 fully saturated rings. The van der Waals surface area contributed by atoms with E-state index >= 15 is 0 Å². The molecule has 0 bridgehead atoms. The highest BCUT2D eigenvalue weighted by molar-refractivity contribution is 7.12. The molecule has 3 N–H and O–H groups in total. The molecule has 1 aliphatic carbocycles. The minimum absolute atomic E-state index is 0.0323. The number of hydrogen-bond acceptors (Lipinski definition) is 3. The van der Waals surface area contributed by atoms with E-state index < -0.39 is 0 Å². The zero-order valence-electron chi connectivity index (χ0n) is 8.82. The van der Waals surface area contributed by atoms with Gasteiger partial charge in [-0.1, -0.05) is 0 Å². The van der Waals surface area contributed by atoms with Gasteiger partial charge in [0.2, 0.25) is 0 Å². The molecule has 0 spiro atoms. The summed E-state index contributed by atoms with van der Waals surface area (Å²) in [5, 5.41) is 4.96. The number of rotatable bonds is 4. The topological polar surface area (TPSA) is 55.1 Å². The first-order valence-electron chi connectivity index (χ1n) is 5.27. The van der Waals surface area contributed by atoms with E-state index in [4.69, 9.17) is 5.73 Å². The molecule has 4 heteroatoms. The number of nitrogens with two attached hydrogens (primary N) is 1. The summed E-state index contributed by atoms with van der Waals surface area (Å²) in [6.45, 7) is 2.50. The molecule has 82 valence electrons. The number of aryl methyl sites for hydroxylation is 1. The van der Waals surface area contributed by atoms with Crippen LogP contribution in [0.1, 0.15) is 28.1 Å². The summed E-state index contributed by atoms with van der Waals surface area (Å²) < 4.78 is 0. The van der Waals surface area contributed by atoms with Gasteiger partial charge in [0, 0.05) is 12.6 Å². The third-order valence-electron chi connectivity index (χ3n) is 2.83. The summed E-state index contributed by atoms with van der Waals surface area (Å²) in [6.07, 6.45) is 2.40. The van der Waals surface area contributed by atoms with Crippen LogP contribution in [-0.4, -0.2) is 18.5 Å². The second kappa shape index (κ2) is 4.33. The molecule has 0 aliphatic heterocycles. The van der Waals surface area contributed by atoms with Crippen molar-refractivity contribution in [3.8, 4) is 0 Å². The fraction of sp³-hybridized carbons (Fsp3) is 0.545. The average molecular weight is 224 g/mol. The van der Waals surface area contributed by atoms with Crippen LogP contribution >= 0.6 is 11.3 Å². The maximum atomic E-state index is 11.9. The smallest absolute Gasteiger partial charge is 0.261 e. The maximum Gasteiger partial charge on any atom is 0.261 e. The quantitative estimate of drug-likeness (QED) is 0.814. The predicted octanol–water partition coefficient (Wildman–Crippen LogP) is 1.52. The van der Waals surface area contributed by atoms with Crippen LogP contribution in [-0.2, 0) is 0 Å². The first-order chi connectivity index (χ1) is 7.22. The minimum atomic E-state index is 0.0323. The van der Waals surface area contributed by atoms with Gasteiger partial charge < -0.3 is 11.1 Å². The van der Waals surface area contributed by atoms with Crippen molar-refractivity contribution in [2.75, 3.05) is 6.54 Å². The first-order valence-corrected chi connectivity index (χ1v) is 6.15. The van der Waals surface area contributed by atoms with E-state index in [2.05, 4.69) is 5.32 Å². The Balaban J connectivity index is 1.99. The summed E-state index contributed by atoms with van der Waals surface area (Å²) >= 11 is 1.49. The van der Waals surface area contributed by atoms with Crippen molar-refractivity contribution >= 4 is 17.2 Å². The highest BCUT2D eigenvalue weighted by Gasteiger charge is 2.31. The van der Waals surface area contributed by atoms with Crippen molar-refractivity contribution in [2.45, 2.75) is 25.8 Å². The minimum Gasteiger partial charge on any atom is -0.347 e. The van der Waals surface area contributed by atoms with E-state index in [0.29, 0.717) is 12.5 Å². The highest BCUT2D eigenvalue weighted by atomic mass is 32.1. The molecule has 2 rings (SSSR count). The second-order valence-corrected chi connectivity index (χ2v) is 5.00. The van der Waals surface area contributed by atoms with Gasteiger partial charge >= 0.3 is 0 Å². The number of thiophene rings is 1. The Kier molecular flexibility index (Phi) is 3.07. The fourth-order valence-corrected chi connectivity index (χ4v) is 2.54. The molecule has 3 nitrogen and oxygen atoms in total. The van der Waals surface area contributed by atoms with Gasteiger partial charge in [-0.05, 0) is 42.7 Å². The first kappa shape index (κ1) is 10.6. The van der Waals surface area contributed by atoms with Crippen LogP contribution in [0.15, 0.2) is 11.4 Å². The van der Waals surface area contributed by atoms with E-state index in [1.807, 2.05) is 18.4 Å². The Morgan fingerprint density at radius 1 is 1.73 bits per heavy atom. The summed E-state index contributed by atoms with van der Waals surface area (Å²) in [6, 6.07) is 2.13. The Bertz CT molecular complexity index is 357. The molecular weight excluding hydrogens is 208 g/mol. The van der Waals surface area contributed by atoms with Crippen molar-refractivity contribution in [1.82, 2.24) is 5.32 Å². The molecular formula is C11H16N2OS. The van der Waals surface area contributed by atoms with Crippen LogP contribution in [0.5, 0.6) is 0 Å². The Morgan fingerprint density at radius 2 is 2.47 bits per heavy atom. The van der Waals surface area contributed by atoms with Crippen LogP contribution in [0.3, 0.4) is 0 Å². The Morgan fingerprint density at radius 3 is 2.93 bits per heavy atom. The van der Waals surface area contributed by atoms with Crippen LogP contribution < -0.4 is 11.1 Å². The molecule has 1 amide bonds. The molecule has 1 unspecified atom stereocenters. The molecule has 15 heavy (non-hydrogen) atoms. The van der Waals surface area contributed by atoms with E-state index in [0.717, 1.165) is 10.4 Å².